The summed E-state index contributed by atoms with van der Waals surface area (Å²) in [5.74, 6) is 0.619. The number of benzene rings is 2. The van der Waals surface area contributed by atoms with E-state index in [4.69, 9.17) is 10.5 Å². The molecule has 0 radical (unpaired) electrons. The molecule has 1 aromatic heterocycles. The lowest BCUT2D eigenvalue weighted by Gasteiger charge is -2.10. The van der Waals surface area contributed by atoms with Gasteiger partial charge in [-0.05, 0) is 11.6 Å². The van der Waals surface area contributed by atoms with Crippen molar-refractivity contribution in [2.24, 2.45) is 14.1 Å². The van der Waals surface area contributed by atoms with Gasteiger partial charge in [-0.15, -0.1) is 0 Å². The Morgan fingerprint density at radius 1 is 1.10 bits per heavy atom. The van der Waals surface area contributed by atoms with Crippen LogP contribution in [0, 0.1) is 0 Å². The van der Waals surface area contributed by atoms with E-state index in [-0.39, 0.29) is 5.69 Å². The molecular formula is C16H17N3O2. The molecule has 0 aliphatic rings. The van der Waals surface area contributed by atoms with E-state index in [9.17, 15) is 4.79 Å². The van der Waals surface area contributed by atoms with Gasteiger partial charge >= 0.3 is 5.69 Å². The van der Waals surface area contributed by atoms with Gasteiger partial charge in [0.1, 0.15) is 17.9 Å². The molecule has 1 heterocycles. The number of nitrogens with two attached hydrogens (primary N) is 1. The number of rotatable bonds is 3. The third-order valence-corrected chi connectivity index (χ3v) is 3.58. The third-order valence-electron chi connectivity index (χ3n) is 3.58. The Morgan fingerprint density at radius 2 is 1.81 bits per heavy atom. The van der Waals surface area contributed by atoms with Gasteiger partial charge in [-0.1, -0.05) is 30.3 Å². The predicted octanol–water partition coefficient (Wildman–Crippen LogP) is 2.04. The normalized spacial score (nSPS) is 11.0. The van der Waals surface area contributed by atoms with Gasteiger partial charge in [0.25, 0.3) is 0 Å². The van der Waals surface area contributed by atoms with Gasteiger partial charge in [-0.3, -0.25) is 9.13 Å². The number of nitrogen functional groups attached to an aromatic ring is 1. The van der Waals surface area contributed by atoms with Crippen LogP contribution in [0.25, 0.3) is 11.0 Å². The lowest BCUT2D eigenvalue weighted by Crippen LogP contribution is -2.19. The Morgan fingerprint density at radius 3 is 2.52 bits per heavy atom. The zero-order valence-corrected chi connectivity index (χ0v) is 12.0. The Balaban J connectivity index is 2.06. The Labute approximate surface area is 122 Å². The number of aromatic nitrogens is 2. The number of aryl methyl sites for hydroxylation is 2. The van der Waals surface area contributed by atoms with Crippen molar-refractivity contribution in [3.8, 4) is 5.75 Å². The van der Waals surface area contributed by atoms with Crippen LogP contribution >= 0.6 is 0 Å². The Hall–Kier alpha value is -2.69. The van der Waals surface area contributed by atoms with Crippen molar-refractivity contribution in [2.45, 2.75) is 6.61 Å². The quantitative estimate of drug-likeness (QED) is 0.748. The second-order valence-electron chi connectivity index (χ2n) is 5.06. The Kier molecular flexibility index (Phi) is 3.17. The molecule has 0 atom stereocenters. The highest BCUT2D eigenvalue weighted by Crippen LogP contribution is 2.28. The molecule has 5 nitrogen and oxygen atoms in total. The smallest absolute Gasteiger partial charge is 0.328 e. The van der Waals surface area contributed by atoms with Crippen LogP contribution in [-0.2, 0) is 20.7 Å². The molecule has 5 heteroatoms. The van der Waals surface area contributed by atoms with Crippen LogP contribution in [0.15, 0.2) is 47.3 Å². The summed E-state index contributed by atoms with van der Waals surface area (Å²) in [6, 6.07) is 13.4. The van der Waals surface area contributed by atoms with Gasteiger partial charge in [0.15, 0.2) is 0 Å². The van der Waals surface area contributed by atoms with E-state index in [0.29, 0.717) is 18.0 Å². The monoisotopic (exact) mass is 283 g/mol. The molecule has 0 fully saturated rings. The van der Waals surface area contributed by atoms with Crippen molar-refractivity contribution in [1.29, 1.82) is 0 Å². The van der Waals surface area contributed by atoms with Crippen LogP contribution in [0.3, 0.4) is 0 Å². The maximum atomic E-state index is 12.1. The second-order valence-corrected chi connectivity index (χ2v) is 5.06. The summed E-state index contributed by atoms with van der Waals surface area (Å²) in [6.45, 7) is 0.433. The average Bonchev–Trinajstić information content (AvgIpc) is 2.71. The largest absolute Gasteiger partial charge is 0.487 e. The lowest BCUT2D eigenvalue weighted by molar-refractivity contribution is 0.309. The zero-order valence-electron chi connectivity index (χ0n) is 12.0. The fourth-order valence-electron chi connectivity index (χ4n) is 2.48. The van der Waals surface area contributed by atoms with Crippen molar-refractivity contribution in [3.63, 3.8) is 0 Å². The number of fused-ring (bicyclic) bond motifs is 1. The molecule has 3 rings (SSSR count). The fraction of sp³-hybridized carbons (Fsp3) is 0.188. The number of anilines is 1. The van der Waals surface area contributed by atoms with Gasteiger partial charge in [0.2, 0.25) is 0 Å². The lowest BCUT2D eigenvalue weighted by atomic mass is 10.2. The predicted molar refractivity (Wildman–Crippen MR) is 83.3 cm³/mol. The first-order valence-corrected chi connectivity index (χ1v) is 6.69. The van der Waals surface area contributed by atoms with Crippen molar-refractivity contribution >= 4 is 16.7 Å². The first kappa shape index (κ1) is 13.3. The second kappa shape index (κ2) is 5.01. The molecular weight excluding hydrogens is 266 g/mol. The first-order chi connectivity index (χ1) is 10.1. The maximum Gasteiger partial charge on any atom is 0.328 e. The van der Waals surface area contributed by atoms with Crippen LogP contribution in [0.4, 0.5) is 5.69 Å². The van der Waals surface area contributed by atoms with E-state index in [0.717, 1.165) is 16.6 Å². The number of ether oxygens (including phenoxy) is 1. The highest BCUT2D eigenvalue weighted by Gasteiger charge is 2.14. The fourth-order valence-corrected chi connectivity index (χ4v) is 2.48. The molecule has 108 valence electrons. The minimum Gasteiger partial charge on any atom is -0.487 e. The number of nitrogens with zero attached hydrogens (tertiary/aromatic N) is 2. The first-order valence-electron chi connectivity index (χ1n) is 6.69. The van der Waals surface area contributed by atoms with E-state index >= 15 is 0 Å². The molecule has 0 amide bonds. The third kappa shape index (κ3) is 2.27. The summed E-state index contributed by atoms with van der Waals surface area (Å²) in [7, 11) is 3.46. The van der Waals surface area contributed by atoms with E-state index in [2.05, 4.69) is 0 Å². The van der Waals surface area contributed by atoms with Crippen molar-refractivity contribution < 1.29 is 4.74 Å². The molecule has 0 spiro atoms. The highest BCUT2D eigenvalue weighted by molar-refractivity contribution is 5.86. The topological polar surface area (TPSA) is 62.2 Å². The summed E-state index contributed by atoms with van der Waals surface area (Å²) in [5, 5.41) is 0. The minimum absolute atomic E-state index is 0.0971. The summed E-state index contributed by atoms with van der Waals surface area (Å²) in [4.78, 5) is 12.1. The summed E-state index contributed by atoms with van der Waals surface area (Å²) >= 11 is 0. The molecule has 0 saturated carbocycles. The van der Waals surface area contributed by atoms with Gasteiger partial charge in [0, 0.05) is 25.8 Å². The van der Waals surface area contributed by atoms with Crippen molar-refractivity contribution in [2.75, 3.05) is 5.73 Å². The van der Waals surface area contributed by atoms with Crippen molar-refractivity contribution in [1.82, 2.24) is 9.13 Å². The summed E-state index contributed by atoms with van der Waals surface area (Å²) < 4.78 is 9.03. The molecule has 0 saturated heterocycles. The summed E-state index contributed by atoms with van der Waals surface area (Å²) in [5.41, 5.74) is 8.99. The Bertz CT molecular complexity index is 847. The van der Waals surface area contributed by atoms with Crippen molar-refractivity contribution in [3.05, 3.63) is 58.5 Å². The SMILES string of the molecule is Cn1c(=O)n(C)c2c(OCc3ccccc3)cc(N)cc21. The van der Waals surface area contributed by atoms with Crippen LogP contribution < -0.4 is 16.2 Å². The molecule has 2 aromatic carbocycles. The van der Waals surface area contributed by atoms with Crippen LogP contribution in [0.2, 0.25) is 0 Å². The maximum absolute atomic E-state index is 12.1. The van der Waals surface area contributed by atoms with Gasteiger partial charge in [-0.25, -0.2) is 4.79 Å². The standard InChI is InChI=1S/C16H17N3O2/c1-18-13-8-12(17)9-14(15(13)19(2)16(18)20)21-10-11-6-4-3-5-7-11/h3-9H,10,17H2,1-2H3. The molecule has 0 unspecified atom stereocenters. The van der Waals surface area contributed by atoms with Gasteiger partial charge < -0.3 is 10.5 Å². The molecule has 0 aliphatic heterocycles. The van der Waals surface area contributed by atoms with E-state index in [1.807, 2.05) is 30.3 Å². The van der Waals surface area contributed by atoms with E-state index < -0.39 is 0 Å². The minimum atomic E-state index is -0.0971. The summed E-state index contributed by atoms with van der Waals surface area (Å²) in [6.07, 6.45) is 0. The van der Waals surface area contributed by atoms with Crippen LogP contribution in [0.1, 0.15) is 5.56 Å². The molecule has 21 heavy (non-hydrogen) atoms. The molecule has 3 aromatic rings. The van der Waals surface area contributed by atoms with E-state index in [1.54, 1.807) is 35.4 Å². The van der Waals surface area contributed by atoms with E-state index in [1.165, 1.54) is 0 Å². The van der Waals surface area contributed by atoms with Gasteiger partial charge in [0.05, 0.1) is 5.52 Å². The van der Waals surface area contributed by atoms with Gasteiger partial charge in [-0.2, -0.15) is 0 Å². The number of hydrogen-bond acceptors (Lipinski definition) is 3. The van der Waals surface area contributed by atoms with Crippen LogP contribution in [-0.4, -0.2) is 9.13 Å². The highest BCUT2D eigenvalue weighted by atomic mass is 16.5. The average molecular weight is 283 g/mol. The molecule has 0 bridgehead atoms. The zero-order chi connectivity index (χ0) is 15.0. The number of imidazole rings is 1. The number of hydrogen-bond donors (Lipinski definition) is 1. The van der Waals surface area contributed by atoms with Crippen LogP contribution in [0.5, 0.6) is 5.75 Å². The molecule has 2 N–H and O–H groups in total. The molecule has 0 aliphatic carbocycles.